The standard InChI is InChI=1S/C14H15F3N2O/c1-13(2,3)10-4-5-11-9(6-10)7-18-19(12(11)20)8-14(15,16)17/h4-7H,8H2,1-3H3. The van der Waals surface area contributed by atoms with Crippen molar-refractivity contribution in [2.45, 2.75) is 38.9 Å². The molecular weight excluding hydrogens is 269 g/mol. The molecule has 1 aromatic heterocycles. The summed E-state index contributed by atoms with van der Waals surface area (Å²) in [6, 6.07) is 5.12. The normalized spacial score (nSPS) is 12.9. The Bertz CT molecular complexity index is 696. The Morgan fingerprint density at radius 1 is 1.20 bits per heavy atom. The van der Waals surface area contributed by atoms with Gasteiger partial charge in [0.15, 0.2) is 0 Å². The van der Waals surface area contributed by atoms with Crippen molar-refractivity contribution in [3.8, 4) is 0 Å². The molecule has 20 heavy (non-hydrogen) atoms. The number of hydrogen-bond donors (Lipinski definition) is 0. The summed E-state index contributed by atoms with van der Waals surface area (Å²) in [5, 5.41) is 4.40. The highest BCUT2D eigenvalue weighted by Gasteiger charge is 2.29. The van der Waals surface area contributed by atoms with E-state index in [-0.39, 0.29) is 10.8 Å². The van der Waals surface area contributed by atoms with Gasteiger partial charge in [0.1, 0.15) is 6.54 Å². The molecule has 0 radical (unpaired) electrons. The Hall–Kier alpha value is -1.85. The topological polar surface area (TPSA) is 34.9 Å². The maximum Gasteiger partial charge on any atom is 0.408 e. The number of alkyl halides is 3. The van der Waals surface area contributed by atoms with E-state index < -0.39 is 18.3 Å². The molecule has 3 nitrogen and oxygen atoms in total. The summed E-state index contributed by atoms with van der Waals surface area (Å²) >= 11 is 0. The molecule has 0 bridgehead atoms. The number of benzene rings is 1. The van der Waals surface area contributed by atoms with E-state index in [9.17, 15) is 18.0 Å². The maximum atomic E-state index is 12.3. The summed E-state index contributed by atoms with van der Waals surface area (Å²) in [4.78, 5) is 12.0. The molecule has 2 rings (SSSR count). The second-order valence-corrected chi connectivity index (χ2v) is 5.77. The van der Waals surface area contributed by atoms with Crippen LogP contribution in [-0.2, 0) is 12.0 Å². The van der Waals surface area contributed by atoms with Crippen molar-refractivity contribution in [2.24, 2.45) is 0 Å². The van der Waals surface area contributed by atoms with Gasteiger partial charge in [-0.1, -0.05) is 26.8 Å². The van der Waals surface area contributed by atoms with Crippen LogP contribution in [0, 0.1) is 0 Å². The fourth-order valence-corrected chi connectivity index (χ4v) is 1.94. The summed E-state index contributed by atoms with van der Waals surface area (Å²) in [6.45, 7) is 4.69. The molecule has 2 aromatic rings. The third-order valence-corrected chi connectivity index (χ3v) is 3.05. The fourth-order valence-electron chi connectivity index (χ4n) is 1.94. The van der Waals surface area contributed by atoms with Crippen LogP contribution >= 0.6 is 0 Å². The Labute approximate surface area is 114 Å². The lowest BCUT2D eigenvalue weighted by molar-refractivity contribution is -0.143. The van der Waals surface area contributed by atoms with Gasteiger partial charge in [-0.05, 0) is 23.1 Å². The van der Waals surface area contributed by atoms with Crippen LogP contribution < -0.4 is 5.56 Å². The highest BCUT2D eigenvalue weighted by Crippen LogP contribution is 2.24. The van der Waals surface area contributed by atoms with Crippen LogP contribution in [0.5, 0.6) is 0 Å². The van der Waals surface area contributed by atoms with Gasteiger partial charge in [0.2, 0.25) is 0 Å². The third kappa shape index (κ3) is 3.00. The van der Waals surface area contributed by atoms with Gasteiger partial charge >= 0.3 is 6.18 Å². The van der Waals surface area contributed by atoms with E-state index in [1.165, 1.54) is 6.20 Å². The quantitative estimate of drug-likeness (QED) is 0.805. The van der Waals surface area contributed by atoms with Gasteiger partial charge in [-0.3, -0.25) is 4.79 Å². The number of fused-ring (bicyclic) bond motifs is 1. The minimum absolute atomic E-state index is 0.102. The van der Waals surface area contributed by atoms with Crippen LogP contribution in [0.4, 0.5) is 13.2 Å². The van der Waals surface area contributed by atoms with Gasteiger partial charge in [0.25, 0.3) is 5.56 Å². The van der Waals surface area contributed by atoms with Gasteiger partial charge in [0.05, 0.1) is 11.6 Å². The Balaban J connectivity index is 2.56. The van der Waals surface area contributed by atoms with Crippen LogP contribution in [0.3, 0.4) is 0 Å². The van der Waals surface area contributed by atoms with E-state index in [0.29, 0.717) is 10.1 Å². The first kappa shape index (κ1) is 14.6. The Kier molecular flexibility index (Phi) is 3.36. The molecule has 0 saturated heterocycles. The number of nitrogens with zero attached hydrogens (tertiary/aromatic N) is 2. The van der Waals surface area contributed by atoms with E-state index >= 15 is 0 Å². The molecule has 0 aliphatic carbocycles. The van der Waals surface area contributed by atoms with E-state index in [1.807, 2.05) is 20.8 Å². The number of rotatable bonds is 1. The summed E-state index contributed by atoms with van der Waals surface area (Å²) in [5.41, 5.74) is 0.176. The van der Waals surface area contributed by atoms with Gasteiger partial charge in [0, 0.05) is 5.39 Å². The molecule has 108 valence electrons. The van der Waals surface area contributed by atoms with Crippen LogP contribution in [0.15, 0.2) is 29.2 Å². The average Bonchev–Trinajstić information content (AvgIpc) is 2.30. The van der Waals surface area contributed by atoms with Crippen molar-refractivity contribution in [2.75, 3.05) is 0 Å². The first-order valence-electron chi connectivity index (χ1n) is 6.15. The molecule has 1 heterocycles. The molecule has 0 aliphatic heterocycles. The van der Waals surface area contributed by atoms with Gasteiger partial charge in [-0.25, -0.2) is 4.68 Å². The summed E-state index contributed by atoms with van der Waals surface area (Å²) in [5.74, 6) is 0. The van der Waals surface area contributed by atoms with E-state index in [2.05, 4.69) is 5.10 Å². The van der Waals surface area contributed by atoms with E-state index in [0.717, 1.165) is 5.56 Å². The fraction of sp³-hybridized carbons (Fsp3) is 0.429. The molecule has 0 N–H and O–H groups in total. The van der Waals surface area contributed by atoms with Crippen molar-refractivity contribution < 1.29 is 13.2 Å². The molecule has 0 saturated carbocycles. The SMILES string of the molecule is CC(C)(C)c1ccc2c(=O)n(CC(F)(F)F)ncc2c1. The van der Waals surface area contributed by atoms with E-state index in [4.69, 9.17) is 0 Å². The van der Waals surface area contributed by atoms with Crippen molar-refractivity contribution in [3.63, 3.8) is 0 Å². The highest BCUT2D eigenvalue weighted by atomic mass is 19.4. The van der Waals surface area contributed by atoms with Crippen molar-refractivity contribution >= 4 is 10.8 Å². The van der Waals surface area contributed by atoms with Crippen LogP contribution in [0.25, 0.3) is 10.8 Å². The van der Waals surface area contributed by atoms with Gasteiger partial charge < -0.3 is 0 Å². The molecule has 6 heteroatoms. The molecular formula is C14H15F3N2O. The van der Waals surface area contributed by atoms with Gasteiger partial charge in [-0.2, -0.15) is 18.3 Å². The zero-order chi connectivity index (χ0) is 15.1. The first-order valence-corrected chi connectivity index (χ1v) is 6.15. The average molecular weight is 284 g/mol. The number of halogens is 3. The Morgan fingerprint density at radius 2 is 1.85 bits per heavy atom. The Morgan fingerprint density at radius 3 is 2.40 bits per heavy atom. The molecule has 0 atom stereocenters. The molecule has 0 fully saturated rings. The predicted octanol–water partition coefficient (Wildman–Crippen LogP) is 3.26. The summed E-state index contributed by atoms with van der Waals surface area (Å²) in [7, 11) is 0. The second kappa shape index (κ2) is 4.61. The highest BCUT2D eigenvalue weighted by molar-refractivity contribution is 5.81. The predicted molar refractivity (Wildman–Crippen MR) is 70.8 cm³/mol. The molecule has 0 amide bonds. The summed E-state index contributed by atoms with van der Waals surface area (Å²) in [6.07, 6.45) is -3.16. The monoisotopic (exact) mass is 284 g/mol. The lowest BCUT2D eigenvalue weighted by atomic mass is 9.86. The maximum absolute atomic E-state index is 12.3. The first-order chi connectivity index (χ1) is 9.08. The van der Waals surface area contributed by atoms with Crippen LogP contribution in [-0.4, -0.2) is 16.0 Å². The molecule has 0 spiro atoms. The molecule has 0 aliphatic rings. The zero-order valence-electron chi connectivity index (χ0n) is 11.5. The lowest BCUT2D eigenvalue weighted by Gasteiger charge is -2.19. The van der Waals surface area contributed by atoms with Crippen molar-refractivity contribution in [3.05, 3.63) is 40.3 Å². The smallest absolute Gasteiger partial charge is 0.267 e. The van der Waals surface area contributed by atoms with Crippen LogP contribution in [0.2, 0.25) is 0 Å². The second-order valence-electron chi connectivity index (χ2n) is 5.77. The summed E-state index contributed by atoms with van der Waals surface area (Å²) < 4.78 is 37.5. The van der Waals surface area contributed by atoms with Gasteiger partial charge in [-0.15, -0.1) is 0 Å². The lowest BCUT2D eigenvalue weighted by Crippen LogP contribution is -2.30. The largest absolute Gasteiger partial charge is 0.408 e. The van der Waals surface area contributed by atoms with Crippen molar-refractivity contribution in [1.82, 2.24) is 9.78 Å². The molecule has 1 aromatic carbocycles. The number of aromatic nitrogens is 2. The number of hydrogen-bond acceptors (Lipinski definition) is 2. The molecule has 0 unspecified atom stereocenters. The minimum atomic E-state index is -4.46. The minimum Gasteiger partial charge on any atom is -0.267 e. The van der Waals surface area contributed by atoms with Crippen molar-refractivity contribution in [1.29, 1.82) is 0 Å². The third-order valence-electron chi connectivity index (χ3n) is 3.05. The zero-order valence-corrected chi connectivity index (χ0v) is 11.5. The van der Waals surface area contributed by atoms with E-state index in [1.54, 1.807) is 18.2 Å². The van der Waals surface area contributed by atoms with Crippen LogP contribution in [0.1, 0.15) is 26.3 Å².